The third kappa shape index (κ3) is 6.07. The minimum atomic E-state index is -3.98. The Hall–Kier alpha value is -1.87. The summed E-state index contributed by atoms with van der Waals surface area (Å²) < 4.78 is 53.2. The number of benzene rings is 2. The van der Waals surface area contributed by atoms with E-state index in [-0.39, 0.29) is 17.2 Å². The van der Waals surface area contributed by atoms with E-state index in [2.05, 4.69) is 9.62 Å². The maximum absolute atomic E-state index is 13.9. The Morgan fingerprint density at radius 2 is 1.97 bits per heavy atom. The van der Waals surface area contributed by atoms with Gasteiger partial charge in [-0.2, -0.15) is 0 Å². The lowest BCUT2D eigenvalue weighted by molar-refractivity contribution is 0.204. The standard InChI is InChI=1S/C21H26ClFN2O4S/c1-15(2)29-20-6-4-3-5-19(20)28-12-11-25-10-9-17(14-25)24-30(26,27)21-13-16(22)7-8-18(21)23/h3-8,13,15,17,24H,9-12,14H2,1-2H3/t17-/m1/s1. The maximum Gasteiger partial charge on any atom is 0.243 e. The minimum absolute atomic E-state index is 0.0476. The Balaban J connectivity index is 1.51. The van der Waals surface area contributed by atoms with Gasteiger partial charge in [-0.25, -0.2) is 17.5 Å². The molecule has 0 bridgehead atoms. The van der Waals surface area contributed by atoms with Crippen LogP contribution in [-0.4, -0.2) is 51.7 Å². The first-order valence-electron chi connectivity index (χ1n) is 9.83. The molecule has 6 nitrogen and oxygen atoms in total. The summed E-state index contributed by atoms with van der Waals surface area (Å²) in [5.74, 6) is 0.555. The SMILES string of the molecule is CC(C)Oc1ccccc1OCCN1CC[C@@H](NS(=O)(=O)c2cc(Cl)ccc2F)C1. The van der Waals surface area contributed by atoms with Crippen molar-refractivity contribution in [2.24, 2.45) is 0 Å². The molecule has 1 aliphatic heterocycles. The van der Waals surface area contributed by atoms with E-state index >= 15 is 0 Å². The number of likely N-dealkylation sites (tertiary alicyclic amines) is 1. The summed E-state index contributed by atoms with van der Waals surface area (Å²) in [6.45, 7) is 6.24. The number of nitrogens with one attached hydrogen (secondary N) is 1. The van der Waals surface area contributed by atoms with E-state index in [4.69, 9.17) is 21.1 Å². The van der Waals surface area contributed by atoms with Crippen LogP contribution in [0.5, 0.6) is 11.5 Å². The van der Waals surface area contributed by atoms with E-state index in [9.17, 15) is 12.8 Å². The van der Waals surface area contributed by atoms with Crippen LogP contribution in [0.15, 0.2) is 47.4 Å². The van der Waals surface area contributed by atoms with E-state index in [0.29, 0.717) is 37.6 Å². The number of hydrogen-bond donors (Lipinski definition) is 1. The number of sulfonamides is 1. The maximum atomic E-state index is 13.9. The van der Waals surface area contributed by atoms with E-state index in [1.807, 2.05) is 38.1 Å². The Bertz CT molecular complexity index is 971. The number of hydrogen-bond acceptors (Lipinski definition) is 5. The highest BCUT2D eigenvalue weighted by atomic mass is 35.5. The zero-order chi connectivity index (χ0) is 21.7. The zero-order valence-corrected chi connectivity index (χ0v) is 18.5. The van der Waals surface area contributed by atoms with Gasteiger partial charge in [0.15, 0.2) is 11.5 Å². The molecule has 3 rings (SSSR count). The summed E-state index contributed by atoms with van der Waals surface area (Å²) in [4.78, 5) is 1.67. The molecule has 1 aliphatic rings. The van der Waals surface area contributed by atoms with Crippen LogP contribution in [0, 0.1) is 5.82 Å². The summed E-state index contributed by atoms with van der Waals surface area (Å²) >= 11 is 5.82. The number of rotatable bonds is 9. The lowest BCUT2D eigenvalue weighted by atomic mass is 10.3. The third-order valence-corrected chi connectivity index (χ3v) is 6.42. The number of nitrogens with zero attached hydrogens (tertiary/aromatic N) is 1. The Morgan fingerprint density at radius 3 is 2.70 bits per heavy atom. The fourth-order valence-electron chi connectivity index (χ4n) is 3.30. The topological polar surface area (TPSA) is 67.9 Å². The van der Waals surface area contributed by atoms with Crippen LogP contribution in [0.1, 0.15) is 20.3 Å². The van der Waals surface area contributed by atoms with Crippen molar-refractivity contribution < 1.29 is 22.3 Å². The molecule has 0 spiro atoms. The zero-order valence-electron chi connectivity index (χ0n) is 17.0. The quantitative estimate of drug-likeness (QED) is 0.623. The van der Waals surface area contributed by atoms with E-state index in [0.717, 1.165) is 18.7 Å². The van der Waals surface area contributed by atoms with Crippen molar-refractivity contribution in [1.29, 1.82) is 0 Å². The van der Waals surface area contributed by atoms with Gasteiger partial charge in [0, 0.05) is 24.2 Å². The second-order valence-corrected chi connectivity index (χ2v) is 9.56. The number of ether oxygens (including phenoxy) is 2. The van der Waals surface area contributed by atoms with Crippen LogP contribution < -0.4 is 14.2 Å². The first-order valence-corrected chi connectivity index (χ1v) is 11.7. The first-order chi connectivity index (χ1) is 14.2. The van der Waals surface area contributed by atoms with Crippen LogP contribution in [-0.2, 0) is 10.0 Å². The van der Waals surface area contributed by atoms with Gasteiger partial charge in [0.1, 0.15) is 17.3 Å². The molecule has 0 radical (unpaired) electrons. The van der Waals surface area contributed by atoms with Gasteiger partial charge in [-0.15, -0.1) is 0 Å². The molecule has 2 aromatic carbocycles. The summed E-state index contributed by atoms with van der Waals surface area (Å²) in [7, 11) is -3.98. The van der Waals surface area contributed by atoms with Gasteiger partial charge in [-0.3, -0.25) is 4.90 Å². The summed E-state index contributed by atoms with van der Waals surface area (Å²) in [6.07, 6.45) is 0.681. The fraction of sp³-hybridized carbons (Fsp3) is 0.429. The van der Waals surface area contributed by atoms with Crippen molar-refractivity contribution in [3.63, 3.8) is 0 Å². The van der Waals surface area contributed by atoms with E-state index < -0.39 is 20.7 Å². The van der Waals surface area contributed by atoms with Crippen LogP contribution in [0.3, 0.4) is 0 Å². The molecule has 0 amide bonds. The summed E-state index contributed by atoms with van der Waals surface area (Å²) in [5.41, 5.74) is 0. The average molecular weight is 457 g/mol. The molecule has 9 heteroatoms. The monoisotopic (exact) mass is 456 g/mol. The minimum Gasteiger partial charge on any atom is -0.488 e. The van der Waals surface area contributed by atoms with Gasteiger partial charge in [0.05, 0.1) is 6.10 Å². The molecule has 0 aromatic heterocycles. The smallest absolute Gasteiger partial charge is 0.243 e. The van der Waals surface area contributed by atoms with Gasteiger partial charge in [-0.1, -0.05) is 23.7 Å². The van der Waals surface area contributed by atoms with E-state index in [1.165, 1.54) is 6.07 Å². The largest absolute Gasteiger partial charge is 0.488 e. The van der Waals surface area contributed by atoms with Crippen LogP contribution in [0.2, 0.25) is 5.02 Å². The highest BCUT2D eigenvalue weighted by molar-refractivity contribution is 7.89. The molecule has 0 aliphatic carbocycles. The molecule has 1 fully saturated rings. The second-order valence-electron chi connectivity index (χ2n) is 7.44. The summed E-state index contributed by atoms with van der Waals surface area (Å²) in [5, 5.41) is 0.170. The predicted octanol–water partition coefficient (Wildman–Crippen LogP) is 3.70. The number of para-hydroxylation sites is 2. The molecule has 30 heavy (non-hydrogen) atoms. The lowest BCUT2D eigenvalue weighted by Crippen LogP contribution is -2.38. The van der Waals surface area contributed by atoms with Gasteiger partial charge in [-0.05, 0) is 57.1 Å². The van der Waals surface area contributed by atoms with Crippen LogP contribution in [0.4, 0.5) is 4.39 Å². The molecule has 2 aromatic rings. The van der Waals surface area contributed by atoms with Crippen LogP contribution >= 0.6 is 11.6 Å². The molecular weight excluding hydrogens is 431 g/mol. The Morgan fingerprint density at radius 1 is 1.23 bits per heavy atom. The first kappa shape index (κ1) is 22.8. The van der Waals surface area contributed by atoms with Crippen molar-refractivity contribution in [2.75, 3.05) is 26.2 Å². The normalized spacial score (nSPS) is 17.4. The van der Waals surface area contributed by atoms with Crippen molar-refractivity contribution in [3.05, 3.63) is 53.3 Å². The molecule has 1 saturated heterocycles. The van der Waals surface area contributed by atoms with Crippen molar-refractivity contribution >= 4 is 21.6 Å². The van der Waals surface area contributed by atoms with E-state index in [1.54, 1.807) is 0 Å². The van der Waals surface area contributed by atoms with Gasteiger partial charge < -0.3 is 9.47 Å². The highest BCUT2D eigenvalue weighted by Crippen LogP contribution is 2.27. The number of halogens is 2. The van der Waals surface area contributed by atoms with Gasteiger partial charge in [0.2, 0.25) is 10.0 Å². The average Bonchev–Trinajstić information content (AvgIpc) is 3.11. The van der Waals surface area contributed by atoms with Crippen molar-refractivity contribution in [2.45, 2.75) is 37.3 Å². The Labute approximate surface area is 182 Å². The second kappa shape index (κ2) is 9.96. The molecule has 0 saturated carbocycles. The molecular formula is C21H26ClFN2O4S. The van der Waals surface area contributed by atoms with Crippen LogP contribution in [0.25, 0.3) is 0 Å². The summed E-state index contributed by atoms with van der Waals surface area (Å²) in [6, 6.07) is 10.7. The molecule has 1 atom stereocenters. The van der Waals surface area contributed by atoms with Gasteiger partial charge in [0.25, 0.3) is 0 Å². The predicted molar refractivity (Wildman–Crippen MR) is 114 cm³/mol. The molecule has 164 valence electrons. The lowest BCUT2D eigenvalue weighted by Gasteiger charge is -2.19. The van der Waals surface area contributed by atoms with Crippen molar-refractivity contribution in [1.82, 2.24) is 9.62 Å². The fourth-order valence-corrected chi connectivity index (χ4v) is 4.91. The molecule has 0 unspecified atom stereocenters. The van der Waals surface area contributed by atoms with Crippen molar-refractivity contribution in [3.8, 4) is 11.5 Å². The highest BCUT2D eigenvalue weighted by Gasteiger charge is 2.28. The van der Waals surface area contributed by atoms with Gasteiger partial charge >= 0.3 is 0 Å². The third-order valence-electron chi connectivity index (χ3n) is 4.65. The molecule has 1 heterocycles. The Kier molecular flexibility index (Phi) is 7.57. The molecule has 1 N–H and O–H groups in total.